The summed E-state index contributed by atoms with van der Waals surface area (Å²) < 4.78 is 13.6. The highest BCUT2D eigenvalue weighted by atomic mass is 79.9. The van der Waals surface area contributed by atoms with Crippen molar-refractivity contribution in [3.63, 3.8) is 0 Å². The van der Waals surface area contributed by atoms with E-state index in [1.165, 1.54) is 0 Å². The van der Waals surface area contributed by atoms with E-state index < -0.39 is 5.95 Å². The number of hydrogen-bond acceptors (Lipinski definition) is 1. The minimum absolute atomic E-state index is 0.00963. The first-order chi connectivity index (χ1) is 5.82. The molecule has 0 aliphatic rings. The van der Waals surface area contributed by atoms with Gasteiger partial charge in [-0.1, -0.05) is 20.8 Å². The number of halogens is 2. The van der Waals surface area contributed by atoms with Crippen molar-refractivity contribution in [2.24, 2.45) is 0 Å². The van der Waals surface area contributed by atoms with Gasteiger partial charge >= 0.3 is 0 Å². The number of aromatic nitrogens is 1. The summed E-state index contributed by atoms with van der Waals surface area (Å²) in [6, 6.07) is 1.84. The van der Waals surface area contributed by atoms with E-state index in [4.69, 9.17) is 0 Å². The van der Waals surface area contributed by atoms with Gasteiger partial charge in [0, 0.05) is 5.56 Å². The summed E-state index contributed by atoms with van der Waals surface area (Å²) in [6.45, 7) is 7.95. The molecule has 1 rings (SSSR count). The van der Waals surface area contributed by atoms with Crippen LogP contribution < -0.4 is 0 Å². The smallest absolute Gasteiger partial charge is 0.212 e. The Kier molecular flexibility index (Phi) is 2.76. The molecule has 0 fully saturated rings. The molecule has 0 aromatic carbocycles. The van der Waals surface area contributed by atoms with Crippen LogP contribution in [0.3, 0.4) is 0 Å². The minimum Gasteiger partial charge on any atom is -0.212 e. The molecule has 0 atom stereocenters. The molecular weight excluding hydrogens is 233 g/mol. The Morgan fingerprint density at radius 1 is 1.38 bits per heavy atom. The number of nitrogens with zero attached hydrogens (tertiary/aromatic N) is 1. The average Bonchev–Trinajstić information content (AvgIpc) is 1.94. The maximum Gasteiger partial charge on any atom is 0.216 e. The Labute approximate surface area is 86.5 Å². The fourth-order valence-electron chi connectivity index (χ4n) is 1.10. The number of rotatable bonds is 0. The number of aryl methyl sites for hydroxylation is 1. The zero-order chi connectivity index (χ0) is 10.2. The SMILES string of the molecule is Cc1cc(C(C)(C)C)c(Br)nc1F. The van der Waals surface area contributed by atoms with Gasteiger partial charge in [0.05, 0.1) is 0 Å². The predicted octanol–water partition coefficient (Wildman–Crippen LogP) is 3.59. The quantitative estimate of drug-likeness (QED) is 0.637. The Morgan fingerprint density at radius 2 is 1.92 bits per heavy atom. The standard InChI is InChI=1S/C10H13BrFN/c1-6-5-7(10(2,3)4)8(11)13-9(6)12/h5H,1-4H3. The van der Waals surface area contributed by atoms with Crippen LogP contribution in [0.15, 0.2) is 10.7 Å². The van der Waals surface area contributed by atoms with Crippen molar-refractivity contribution in [1.82, 2.24) is 4.98 Å². The molecule has 0 radical (unpaired) electrons. The van der Waals surface area contributed by atoms with Gasteiger partial charge in [0.1, 0.15) is 4.60 Å². The molecule has 72 valence electrons. The van der Waals surface area contributed by atoms with Crippen LogP contribution in [0.1, 0.15) is 31.9 Å². The molecule has 0 aliphatic heterocycles. The van der Waals surface area contributed by atoms with E-state index in [-0.39, 0.29) is 5.41 Å². The van der Waals surface area contributed by atoms with E-state index in [0.29, 0.717) is 10.2 Å². The van der Waals surface area contributed by atoms with Crippen molar-refractivity contribution in [3.8, 4) is 0 Å². The Morgan fingerprint density at radius 3 is 2.38 bits per heavy atom. The van der Waals surface area contributed by atoms with Gasteiger partial charge in [-0.25, -0.2) is 4.98 Å². The third-order valence-corrected chi connectivity index (χ3v) is 2.52. The molecule has 0 saturated heterocycles. The number of hydrogen-bond donors (Lipinski definition) is 0. The van der Waals surface area contributed by atoms with Gasteiger partial charge in [0.25, 0.3) is 0 Å². The van der Waals surface area contributed by atoms with Gasteiger partial charge in [0.2, 0.25) is 5.95 Å². The fraction of sp³-hybridized carbons (Fsp3) is 0.500. The van der Waals surface area contributed by atoms with E-state index in [1.54, 1.807) is 6.92 Å². The highest BCUT2D eigenvalue weighted by molar-refractivity contribution is 9.10. The average molecular weight is 246 g/mol. The second-order valence-electron chi connectivity index (χ2n) is 4.18. The lowest BCUT2D eigenvalue weighted by molar-refractivity contribution is 0.546. The van der Waals surface area contributed by atoms with E-state index in [2.05, 4.69) is 41.7 Å². The lowest BCUT2D eigenvalue weighted by Crippen LogP contribution is -2.13. The van der Waals surface area contributed by atoms with Crippen molar-refractivity contribution < 1.29 is 4.39 Å². The van der Waals surface area contributed by atoms with Gasteiger partial charge in [0.15, 0.2) is 0 Å². The molecule has 3 heteroatoms. The normalized spacial score (nSPS) is 11.8. The van der Waals surface area contributed by atoms with Crippen molar-refractivity contribution in [2.75, 3.05) is 0 Å². The third-order valence-electron chi connectivity index (χ3n) is 1.91. The molecule has 1 nitrogen and oxygen atoms in total. The molecule has 0 N–H and O–H groups in total. The second kappa shape index (κ2) is 3.37. The molecule has 1 aromatic heterocycles. The summed E-state index contributed by atoms with van der Waals surface area (Å²) in [5.41, 5.74) is 1.61. The van der Waals surface area contributed by atoms with Crippen LogP contribution in [-0.2, 0) is 5.41 Å². The van der Waals surface area contributed by atoms with Crippen molar-refractivity contribution in [3.05, 3.63) is 27.7 Å². The van der Waals surface area contributed by atoms with Crippen molar-refractivity contribution in [2.45, 2.75) is 33.1 Å². The van der Waals surface area contributed by atoms with Crippen LogP contribution in [0.4, 0.5) is 4.39 Å². The molecule has 0 bridgehead atoms. The highest BCUT2D eigenvalue weighted by Crippen LogP contribution is 2.29. The molecular formula is C10H13BrFN. The lowest BCUT2D eigenvalue weighted by atomic mass is 9.88. The first kappa shape index (κ1) is 10.6. The molecule has 1 heterocycles. The molecule has 0 saturated carbocycles. The van der Waals surface area contributed by atoms with Gasteiger partial charge in [-0.2, -0.15) is 4.39 Å². The maximum absolute atomic E-state index is 13.0. The van der Waals surface area contributed by atoms with E-state index >= 15 is 0 Å². The Balaban J connectivity index is 3.32. The Bertz CT molecular complexity index is 328. The lowest BCUT2D eigenvalue weighted by Gasteiger charge is -2.20. The summed E-state index contributed by atoms with van der Waals surface area (Å²) in [6.07, 6.45) is 0. The molecule has 0 spiro atoms. The summed E-state index contributed by atoms with van der Waals surface area (Å²) in [4.78, 5) is 3.79. The van der Waals surface area contributed by atoms with Crippen LogP contribution in [0.5, 0.6) is 0 Å². The van der Waals surface area contributed by atoms with E-state index in [9.17, 15) is 4.39 Å². The van der Waals surface area contributed by atoms with Crippen LogP contribution >= 0.6 is 15.9 Å². The number of pyridine rings is 1. The molecule has 1 aromatic rings. The third kappa shape index (κ3) is 2.27. The monoisotopic (exact) mass is 245 g/mol. The largest absolute Gasteiger partial charge is 0.216 e. The van der Waals surface area contributed by atoms with E-state index in [1.807, 2.05) is 6.07 Å². The van der Waals surface area contributed by atoms with Crippen molar-refractivity contribution in [1.29, 1.82) is 0 Å². The molecule has 0 amide bonds. The van der Waals surface area contributed by atoms with E-state index in [0.717, 1.165) is 5.56 Å². The van der Waals surface area contributed by atoms with Crippen LogP contribution in [-0.4, -0.2) is 4.98 Å². The second-order valence-corrected chi connectivity index (χ2v) is 4.94. The zero-order valence-corrected chi connectivity index (χ0v) is 9.87. The summed E-state index contributed by atoms with van der Waals surface area (Å²) in [5.74, 6) is -0.403. The van der Waals surface area contributed by atoms with Gasteiger partial charge in [-0.3, -0.25) is 0 Å². The summed E-state index contributed by atoms with van der Waals surface area (Å²) >= 11 is 3.27. The topological polar surface area (TPSA) is 12.9 Å². The van der Waals surface area contributed by atoms with Crippen LogP contribution in [0, 0.1) is 12.9 Å². The van der Waals surface area contributed by atoms with Crippen LogP contribution in [0.25, 0.3) is 0 Å². The highest BCUT2D eigenvalue weighted by Gasteiger charge is 2.19. The van der Waals surface area contributed by atoms with Crippen LogP contribution in [0.2, 0.25) is 0 Å². The first-order valence-corrected chi connectivity index (χ1v) is 4.95. The van der Waals surface area contributed by atoms with Gasteiger partial charge in [-0.05, 0) is 39.9 Å². The maximum atomic E-state index is 13.0. The molecule has 13 heavy (non-hydrogen) atoms. The summed E-state index contributed by atoms with van der Waals surface area (Å²) in [7, 11) is 0. The van der Waals surface area contributed by atoms with Crippen molar-refractivity contribution >= 4 is 15.9 Å². The Hall–Kier alpha value is -0.440. The van der Waals surface area contributed by atoms with Gasteiger partial charge < -0.3 is 0 Å². The molecule has 0 unspecified atom stereocenters. The fourth-order valence-corrected chi connectivity index (χ4v) is 1.96. The minimum atomic E-state index is -0.403. The first-order valence-electron chi connectivity index (χ1n) is 4.15. The predicted molar refractivity (Wildman–Crippen MR) is 55.3 cm³/mol. The zero-order valence-electron chi connectivity index (χ0n) is 8.28. The molecule has 0 aliphatic carbocycles. The summed E-state index contributed by atoms with van der Waals surface area (Å²) in [5, 5.41) is 0. The van der Waals surface area contributed by atoms with Gasteiger partial charge in [-0.15, -0.1) is 0 Å².